The molecule has 0 aliphatic carbocycles. The summed E-state index contributed by atoms with van der Waals surface area (Å²) in [5.41, 5.74) is 5.17. The minimum absolute atomic E-state index is 0.0302. The molecule has 4 rings (SSSR count). The summed E-state index contributed by atoms with van der Waals surface area (Å²) in [7, 11) is 0. The fourth-order valence-corrected chi connectivity index (χ4v) is 4.64. The first-order valence-electron chi connectivity index (χ1n) is 10.5. The van der Waals surface area contributed by atoms with E-state index in [0.29, 0.717) is 22.8 Å². The van der Waals surface area contributed by atoms with E-state index in [0.717, 1.165) is 44.9 Å². The molecule has 0 unspecified atom stereocenters. The highest BCUT2D eigenvalue weighted by molar-refractivity contribution is 8.18. The van der Waals surface area contributed by atoms with E-state index in [1.807, 2.05) is 62.4 Å². The Morgan fingerprint density at radius 3 is 2.56 bits per heavy atom. The summed E-state index contributed by atoms with van der Waals surface area (Å²) < 4.78 is 7.95. The Labute approximate surface area is 202 Å². The first-order chi connectivity index (χ1) is 16.4. The normalized spacial score (nSPS) is 14.4. The molecule has 168 valence electrons. The van der Waals surface area contributed by atoms with Crippen LogP contribution in [0.5, 0.6) is 5.75 Å². The van der Waals surface area contributed by atoms with E-state index in [2.05, 4.69) is 16.6 Å². The molecule has 2 heterocycles. The van der Waals surface area contributed by atoms with Crippen molar-refractivity contribution < 1.29 is 14.3 Å². The molecule has 34 heavy (non-hydrogen) atoms. The molecule has 0 bridgehead atoms. The molecule has 1 aliphatic heterocycles. The quantitative estimate of drug-likeness (QED) is 0.367. The van der Waals surface area contributed by atoms with Crippen molar-refractivity contribution in [2.75, 3.05) is 6.54 Å². The lowest BCUT2D eigenvalue weighted by Crippen LogP contribution is -2.28. The third-order valence-electron chi connectivity index (χ3n) is 5.51. The predicted octanol–water partition coefficient (Wildman–Crippen LogP) is 5.21. The van der Waals surface area contributed by atoms with E-state index in [9.17, 15) is 14.9 Å². The maximum Gasteiger partial charge on any atom is 0.294 e. The van der Waals surface area contributed by atoms with Gasteiger partial charge in [-0.3, -0.25) is 14.5 Å². The van der Waals surface area contributed by atoms with Gasteiger partial charge in [0.1, 0.15) is 12.4 Å². The molecule has 0 radical (unpaired) electrons. The topological polar surface area (TPSA) is 75.3 Å². The number of benzene rings is 2. The number of rotatable bonds is 6. The van der Waals surface area contributed by atoms with E-state index in [1.165, 1.54) is 0 Å². The lowest BCUT2D eigenvalue weighted by atomic mass is 10.1. The van der Waals surface area contributed by atoms with Crippen LogP contribution in [0.25, 0.3) is 11.8 Å². The van der Waals surface area contributed by atoms with E-state index in [-0.39, 0.29) is 17.7 Å². The molecule has 0 N–H and O–H groups in total. The molecule has 7 heteroatoms. The van der Waals surface area contributed by atoms with E-state index < -0.39 is 0 Å². The largest absolute Gasteiger partial charge is 0.489 e. The van der Waals surface area contributed by atoms with E-state index in [1.54, 1.807) is 12.1 Å². The Hall–Kier alpha value is -4.20. The number of terminal acetylenes is 1. The number of nitriles is 1. The summed E-state index contributed by atoms with van der Waals surface area (Å²) in [4.78, 5) is 26.0. The van der Waals surface area contributed by atoms with Crippen LogP contribution in [0.4, 0.5) is 4.79 Å². The Kier molecular flexibility index (Phi) is 6.58. The van der Waals surface area contributed by atoms with Crippen molar-refractivity contribution >= 4 is 29.0 Å². The highest BCUT2D eigenvalue weighted by Crippen LogP contribution is 2.33. The number of thioether (sulfide) groups is 1. The number of carbonyl (C=O) groups is 2. The summed E-state index contributed by atoms with van der Waals surface area (Å²) in [5, 5.41) is 8.88. The zero-order chi connectivity index (χ0) is 24.2. The molecule has 2 amide bonds. The van der Waals surface area contributed by atoms with Gasteiger partial charge in [0.05, 0.1) is 23.1 Å². The van der Waals surface area contributed by atoms with Crippen LogP contribution in [0.15, 0.2) is 59.5 Å². The average molecular weight is 468 g/mol. The first-order valence-corrected chi connectivity index (χ1v) is 11.3. The number of ether oxygens (including phenoxy) is 1. The maximum absolute atomic E-state index is 12.5. The van der Waals surface area contributed by atoms with Crippen molar-refractivity contribution in [2.45, 2.75) is 20.5 Å². The average Bonchev–Trinajstić information content (AvgIpc) is 3.27. The number of carbonyl (C=O) groups excluding carboxylic acids is 2. The highest BCUT2D eigenvalue weighted by Gasteiger charge is 2.34. The van der Waals surface area contributed by atoms with Crippen LogP contribution in [0, 0.1) is 37.5 Å². The van der Waals surface area contributed by atoms with Crippen LogP contribution in [-0.2, 0) is 11.4 Å². The number of nitrogens with zero attached hydrogens (tertiary/aromatic N) is 3. The van der Waals surface area contributed by atoms with Gasteiger partial charge in [0.15, 0.2) is 0 Å². The predicted molar refractivity (Wildman–Crippen MR) is 132 cm³/mol. The third-order valence-corrected chi connectivity index (χ3v) is 6.41. The first kappa shape index (κ1) is 23.0. The molecule has 1 aliphatic rings. The molecule has 2 aromatic carbocycles. The van der Waals surface area contributed by atoms with E-state index >= 15 is 0 Å². The second-order valence-corrected chi connectivity index (χ2v) is 8.68. The minimum atomic E-state index is -0.364. The van der Waals surface area contributed by atoms with Crippen LogP contribution in [0.3, 0.4) is 0 Å². The van der Waals surface area contributed by atoms with Crippen molar-refractivity contribution in [2.24, 2.45) is 0 Å². The zero-order valence-electron chi connectivity index (χ0n) is 18.7. The third kappa shape index (κ3) is 4.47. The minimum Gasteiger partial charge on any atom is -0.489 e. The van der Waals surface area contributed by atoms with Gasteiger partial charge in [-0.05, 0) is 73.6 Å². The Balaban J connectivity index is 1.53. The Morgan fingerprint density at radius 2 is 1.85 bits per heavy atom. The number of hydrogen-bond acceptors (Lipinski definition) is 5. The molecule has 1 aromatic heterocycles. The SMILES string of the molecule is C#CCN1C(=O)S/C(=C/c2cc(C)n(-c3ccc(OCc4ccccc4C#N)cc3)c2C)C1=O. The molecular formula is C27H21N3O3S. The van der Waals surface area contributed by atoms with Crippen LogP contribution in [0.2, 0.25) is 0 Å². The molecule has 6 nitrogen and oxygen atoms in total. The van der Waals surface area contributed by atoms with Crippen molar-refractivity contribution in [3.8, 4) is 29.8 Å². The summed E-state index contributed by atoms with van der Waals surface area (Å²) in [6.45, 7) is 4.23. The van der Waals surface area contributed by atoms with Crippen LogP contribution >= 0.6 is 11.8 Å². The lowest BCUT2D eigenvalue weighted by Gasteiger charge is -2.12. The van der Waals surface area contributed by atoms with Gasteiger partial charge in [0.2, 0.25) is 0 Å². The lowest BCUT2D eigenvalue weighted by molar-refractivity contribution is -0.122. The van der Waals surface area contributed by atoms with Crippen LogP contribution < -0.4 is 4.74 Å². The van der Waals surface area contributed by atoms with Gasteiger partial charge in [-0.25, -0.2) is 0 Å². The number of hydrogen-bond donors (Lipinski definition) is 0. The number of aromatic nitrogens is 1. The monoisotopic (exact) mass is 467 g/mol. The molecule has 0 spiro atoms. The van der Waals surface area contributed by atoms with Gasteiger partial charge in [-0.2, -0.15) is 5.26 Å². The number of aryl methyl sites for hydroxylation is 1. The molecule has 0 atom stereocenters. The molecular weight excluding hydrogens is 446 g/mol. The van der Waals surface area contributed by atoms with Gasteiger partial charge in [0, 0.05) is 22.6 Å². The Bertz CT molecular complexity index is 1390. The van der Waals surface area contributed by atoms with Crippen molar-refractivity contribution in [1.29, 1.82) is 5.26 Å². The second kappa shape index (κ2) is 9.74. The van der Waals surface area contributed by atoms with Gasteiger partial charge in [-0.15, -0.1) is 6.42 Å². The van der Waals surface area contributed by atoms with Crippen LogP contribution in [0.1, 0.15) is 28.1 Å². The highest BCUT2D eigenvalue weighted by atomic mass is 32.2. The second-order valence-electron chi connectivity index (χ2n) is 7.69. The smallest absolute Gasteiger partial charge is 0.294 e. The number of imide groups is 1. The molecule has 3 aromatic rings. The molecule has 0 saturated carbocycles. The van der Waals surface area contributed by atoms with Crippen molar-refractivity contribution in [3.05, 3.63) is 87.6 Å². The maximum atomic E-state index is 12.5. The molecule has 1 saturated heterocycles. The summed E-state index contributed by atoms with van der Waals surface area (Å²) in [6, 6.07) is 19.2. The van der Waals surface area contributed by atoms with Gasteiger partial charge in [-0.1, -0.05) is 24.1 Å². The van der Waals surface area contributed by atoms with Crippen molar-refractivity contribution in [3.63, 3.8) is 0 Å². The number of amides is 2. The summed E-state index contributed by atoms with van der Waals surface area (Å²) in [6.07, 6.45) is 7.01. The summed E-state index contributed by atoms with van der Waals surface area (Å²) in [5.74, 6) is 2.68. The summed E-state index contributed by atoms with van der Waals surface area (Å²) >= 11 is 0.901. The Morgan fingerprint density at radius 1 is 1.12 bits per heavy atom. The fourth-order valence-electron chi connectivity index (χ4n) is 3.81. The molecule has 1 fully saturated rings. The van der Waals surface area contributed by atoms with Gasteiger partial charge >= 0.3 is 0 Å². The van der Waals surface area contributed by atoms with Gasteiger partial charge in [0.25, 0.3) is 11.1 Å². The van der Waals surface area contributed by atoms with Crippen molar-refractivity contribution in [1.82, 2.24) is 9.47 Å². The van der Waals surface area contributed by atoms with Crippen LogP contribution in [-0.4, -0.2) is 27.2 Å². The zero-order valence-corrected chi connectivity index (χ0v) is 19.6. The standard InChI is InChI=1S/C27H21N3O3S/c1-4-13-29-26(31)25(34-27(29)32)15-22-14-18(2)30(19(22)3)23-9-11-24(12-10-23)33-17-21-8-6-5-7-20(21)16-28/h1,5-12,14-15H,13,17H2,2-3H3/b25-15+. The van der Waals surface area contributed by atoms with Gasteiger partial charge < -0.3 is 9.30 Å². The van der Waals surface area contributed by atoms with E-state index in [4.69, 9.17) is 11.2 Å². The fraction of sp³-hybridized carbons (Fsp3) is 0.148.